The first-order chi connectivity index (χ1) is 11.2. The van der Waals surface area contributed by atoms with Gasteiger partial charge in [-0.3, -0.25) is 4.90 Å². The van der Waals surface area contributed by atoms with Gasteiger partial charge in [0.1, 0.15) is 5.82 Å². The Morgan fingerprint density at radius 1 is 1.22 bits per heavy atom. The van der Waals surface area contributed by atoms with Crippen LogP contribution in [0, 0.1) is 11.7 Å². The highest BCUT2D eigenvalue weighted by Gasteiger charge is 2.37. The fourth-order valence-electron chi connectivity index (χ4n) is 3.98. The highest BCUT2D eigenvalue weighted by Crippen LogP contribution is 2.30. The molecule has 1 aromatic carbocycles. The summed E-state index contributed by atoms with van der Waals surface area (Å²) in [6, 6.07) is 6.97. The van der Waals surface area contributed by atoms with Gasteiger partial charge in [0.05, 0.1) is 17.6 Å². The van der Waals surface area contributed by atoms with E-state index in [0.29, 0.717) is 6.04 Å². The van der Waals surface area contributed by atoms with E-state index < -0.39 is 0 Å². The van der Waals surface area contributed by atoms with Gasteiger partial charge < -0.3 is 4.90 Å². The number of rotatable bonds is 3. The van der Waals surface area contributed by atoms with Crippen molar-refractivity contribution in [3.63, 3.8) is 0 Å². The van der Waals surface area contributed by atoms with Crippen LogP contribution >= 0.6 is 0 Å². The maximum Gasteiger partial charge on any atom is 0.123 e. The van der Waals surface area contributed by atoms with E-state index in [2.05, 4.69) is 27.2 Å². The molecule has 0 aliphatic carbocycles. The monoisotopic (exact) mass is 315 g/mol. The Morgan fingerprint density at radius 3 is 2.87 bits per heavy atom. The van der Waals surface area contributed by atoms with Gasteiger partial charge in [0.25, 0.3) is 0 Å². The van der Waals surface area contributed by atoms with Gasteiger partial charge in [0.2, 0.25) is 0 Å². The van der Waals surface area contributed by atoms with E-state index in [1.807, 2.05) is 6.20 Å². The zero-order valence-electron chi connectivity index (χ0n) is 13.4. The normalized spacial score (nSPS) is 25.7. The standard InChI is InChI=1S/C17H22FN5/c1-21-9-13-3-2-8-22(17(13)12-21)10-15-11-23(20-19-15)16-6-4-14(18)5-7-16/h4-7,11,13,17H,2-3,8-10,12H2,1H3/t13-,17+/m0/s1. The number of hydrogen-bond donors (Lipinski definition) is 0. The van der Waals surface area contributed by atoms with Crippen molar-refractivity contribution < 1.29 is 4.39 Å². The van der Waals surface area contributed by atoms with Crippen LogP contribution in [0.4, 0.5) is 4.39 Å². The zero-order valence-corrected chi connectivity index (χ0v) is 13.4. The van der Waals surface area contributed by atoms with Crippen molar-refractivity contribution in [2.24, 2.45) is 5.92 Å². The van der Waals surface area contributed by atoms with Gasteiger partial charge in [-0.25, -0.2) is 9.07 Å². The lowest BCUT2D eigenvalue weighted by Crippen LogP contribution is -2.44. The van der Waals surface area contributed by atoms with E-state index in [-0.39, 0.29) is 5.82 Å². The lowest BCUT2D eigenvalue weighted by molar-refractivity contribution is 0.115. The third-order valence-corrected chi connectivity index (χ3v) is 5.08. The SMILES string of the molecule is CN1C[C@@H]2CCCN(Cc3cn(-c4ccc(F)cc4)nn3)[C@@H]2C1. The summed E-state index contributed by atoms with van der Waals surface area (Å²) in [5, 5.41) is 8.50. The van der Waals surface area contributed by atoms with E-state index in [0.717, 1.165) is 36.9 Å². The molecule has 0 amide bonds. The summed E-state index contributed by atoms with van der Waals surface area (Å²) < 4.78 is 14.7. The third-order valence-electron chi connectivity index (χ3n) is 5.08. The van der Waals surface area contributed by atoms with Crippen LogP contribution < -0.4 is 0 Å². The highest BCUT2D eigenvalue weighted by molar-refractivity contribution is 5.30. The molecule has 122 valence electrons. The zero-order chi connectivity index (χ0) is 15.8. The second kappa shape index (κ2) is 6.02. The van der Waals surface area contributed by atoms with Gasteiger partial charge in [-0.2, -0.15) is 0 Å². The molecule has 0 bridgehead atoms. The first-order valence-electron chi connectivity index (χ1n) is 8.29. The molecule has 2 aliphatic heterocycles. The molecule has 2 aliphatic rings. The minimum atomic E-state index is -0.237. The summed E-state index contributed by atoms with van der Waals surface area (Å²) in [5.41, 5.74) is 1.81. The van der Waals surface area contributed by atoms with Gasteiger partial charge >= 0.3 is 0 Å². The predicted octanol–water partition coefficient (Wildman–Crippen LogP) is 1.93. The van der Waals surface area contributed by atoms with Crippen molar-refractivity contribution in [1.29, 1.82) is 0 Å². The van der Waals surface area contributed by atoms with Crippen molar-refractivity contribution in [1.82, 2.24) is 24.8 Å². The Labute approximate surface area is 135 Å². The molecule has 0 radical (unpaired) electrons. The topological polar surface area (TPSA) is 37.2 Å². The van der Waals surface area contributed by atoms with Crippen molar-refractivity contribution in [2.45, 2.75) is 25.4 Å². The smallest absolute Gasteiger partial charge is 0.123 e. The van der Waals surface area contributed by atoms with Crippen LogP contribution in [-0.4, -0.2) is 57.5 Å². The molecule has 2 aromatic rings. The summed E-state index contributed by atoms with van der Waals surface area (Å²) in [6.07, 6.45) is 4.56. The number of halogens is 1. The molecule has 2 atom stereocenters. The van der Waals surface area contributed by atoms with Crippen LogP contribution in [-0.2, 0) is 6.54 Å². The molecule has 0 saturated carbocycles. The molecule has 2 fully saturated rings. The van der Waals surface area contributed by atoms with Gasteiger partial charge in [-0.15, -0.1) is 5.10 Å². The summed E-state index contributed by atoms with van der Waals surface area (Å²) in [5.74, 6) is 0.555. The number of piperidine rings is 1. The molecule has 2 saturated heterocycles. The largest absolute Gasteiger partial charge is 0.304 e. The molecule has 1 aromatic heterocycles. The summed E-state index contributed by atoms with van der Waals surface area (Å²) in [7, 11) is 2.21. The van der Waals surface area contributed by atoms with Crippen LogP contribution in [0.15, 0.2) is 30.5 Å². The maximum absolute atomic E-state index is 13.0. The van der Waals surface area contributed by atoms with E-state index in [1.54, 1.807) is 16.8 Å². The Balaban J connectivity index is 1.48. The molecule has 0 unspecified atom stereocenters. The van der Waals surface area contributed by atoms with Crippen molar-refractivity contribution >= 4 is 0 Å². The number of benzene rings is 1. The number of aromatic nitrogens is 3. The maximum atomic E-state index is 13.0. The number of nitrogens with zero attached hydrogens (tertiary/aromatic N) is 5. The quantitative estimate of drug-likeness (QED) is 0.867. The molecule has 0 N–H and O–H groups in total. The molecule has 3 heterocycles. The Hall–Kier alpha value is -1.79. The third kappa shape index (κ3) is 3.01. The van der Waals surface area contributed by atoms with Crippen molar-refractivity contribution in [3.8, 4) is 5.69 Å². The number of hydrogen-bond acceptors (Lipinski definition) is 4. The van der Waals surface area contributed by atoms with Crippen LogP contribution in [0.25, 0.3) is 5.69 Å². The average molecular weight is 315 g/mol. The Kier molecular flexibility index (Phi) is 3.87. The van der Waals surface area contributed by atoms with E-state index in [4.69, 9.17) is 0 Å². The van der Waals surface area contributed by atoms with Crippen molar-refractivity contribution in [2.75, 3.05) is 26.7 Å². The van der Waals surface area contributed by atoms with E-state index >= 15 is 0 Å². The van der Waals surface area contributed by atoms with Gasteiger partial charge in [0, 0.05) is 25.7 Å². The molecular formula is C17H22FN5. The minimum Gasteiger partial charge on any atom is -0.304 e. The second-order valence-corrected chi connectivity index (χ2v) is 6.79. The van der Waals surface area contributed by atoms with Gasteiger partial charge in [-0.1, -0.05) is 5.21 Å². The van der Waals surface area contributed by atoms with E-state index in [9.17, 15) is 4.39 Å². The molecule has 4 rings (SSSR count). The predicted molar refractivity (Wildman–Crippen MR) is 85.7 cm³/mol. The lowest BCUT2D eigenvalue weighted by atomic mass is 9.92. The fourth-order valence-corrected chi connectivity index (χ4v) is 3.98. The summed E-state index contributed by atoms with van der Waals surface area (Å²) >= 11 is 0. The minimum absolute atomic E-state index is 0.237. The molecule has 23 heavy (non-hydrogen) atoms. The summed E-state index contributed by atoms with van der Waals surface area (Å²) in [4.78, 5) is 4.99. The molecular weight excluding hydrogens is 293 g/mol. The molecule has 6 heteroatoms. The fraction of sp³-hybridized carbons (Fsp3) is 0.529. The second-order valence-electron chi connectivity index (χ2n) is 6.79. The first-order valence-corrected chi connectivity index (χ1v) is 8.29. The average Bonchev–Trinajstić information content (AvgIpc) is 3.14. The highest BCUT2D eigenvalue weighted by atomic mass is 19.1. The summed E-state index contributed by atoms with van der Waals surface area (Å²) in [6.45, 7) is 4.34. The Bertz CT molecular complexity index is 668. The van der Waals surface area contributed by atoms with Crippen LogP contribution in [0.3, 0.4) is 0 Å². The number of likely N-dealkylation sites (tertiary alicyclic amines) is 2. The Morgan fingerprint density at radius 2 is 2.04 bits per heavy atom. The van der Waals surface area contributed by atoms with Crippen LogP contribution in [0.1, 0.15) is 18.5 Å². The van der Waals surface area contributed by atoms with Gasteiger partial charge in [0.15, 0.2) is 0 Å². The van der Waals surface area contributed by atoms with Crippen LogP contribution in [0.2, 0.25) is 0 Å². The van der Waals surface area contributed by atoms with Gasteiger partial charge in [-0.05, 0) is 56.6 Å². The number of likely N-dealkylation sites (N-methyl/N-ethyl adjacent to an activating group) is 1. The molecule has 0 spiro atoms. The lowest BCUT2D eigenvalue weighted by Gasteiger charge is -2.36. The van der Waals surface area contributed by atoms with E-state index in [1.165, 1.54) is 31.5 Å². The van der Waals surface area contributed by atoms with Crippen molar-refractivity contribution in [3.05, 3.63) is 42.0 Å². The first kappa shape index (κ1) is 14.8. The molecule has 5 nitrogen and oxygen atoms in total. The number of fused-ring (bicyclic) bond motifs is 1. The van der Waals surface area contributed by atoms with Crippen LogP contribution in [0.5, 0.6) is 0 Å².